The van der Waals surface area contributed by atoms with E-state index in [9.17, 15) is 13.2 Å². The molecule has 0 bridgehead atoms. The van der Waals surface area contributed by atoms with Gasteiger partial charge < -0.3 is 9.64 Å². The molecule has 0 aromatic carbocycles. The Balaban J connectivity index is 2.34. The van der Waals surface area contributed by atoms with E-state index in [0.717, 1.165) is 30.6 Å². The fourth-order valence-electron chi connectivity index (χ4n) is 3.18. The maximum Gasteiger partial charge on any atom is 0.329 e. The molecule has 1 saturated heterocycles. The molecule has 1 atom stereocenters. The summed E-state index contributed by atoms with van der Waals surface area (Å²) >= 11 is 0.872. The van der Waals surface area contributed by atoms with Gasteiger partial charge in [0.2, 0.25) is 9.47 Å². The van der Waals surface area contributed by atoms with Crippen LogP contribution in [0.25, 0.3) is 0 Å². The molecule has 2 heterocycles. The van der Waals surface area contributed by atoms with Gasteiger partial charge in [-0.15, -0.1) is 10.2 Å². The second-order valence-electron chi connectivity index (χ2n) is 7.78. The van der Waals surface area contributed by atoms with Gasteiger partial charge in [0.15, 0.2) is 6.23 Å². The number of nitrogens with zero attached hydrogens (tertiary/aromatic N) is 4. The largest absolute Gasteiger partial charge is 0.356 e. The first kappa shape index (κ1) is 23.0. The minimum atomic E-state index is -3.77. The molecule has 1 unspecified atom stereocenters. The topological polar surface area (TPSA) is 105 Å². The lowest BCUT2D eigenvalue weighted by Crippen LogP contribution is -2.46. The number of carbonyl (C=O) groups excluding carboxylic acids is 1. The number of hydrogen-bond donors (Lipinski definition) is 1. The van der Waals surface area contributed by atoms with E-state index in [1.54, 1.807) is 18.7 Å². The van der Waals surface area contributed by atoms with Crippen LogP contribution in [-0.4, -0.2) is 60.5 Å². The molecule has 1 aliphatic rings. The number of amides is 2. The average Bonchev–Trinajstić information content (AvgIpc) is 3.17. The summed E-state index contributed by atoms with van der Waals surface area (Å²) in [5.41, 5.74) is -0.340. The third-order valence-electron chi connectivity index (χ3n) is 4.39. The third-order valence-corrected chi connectivity index (χ3v) is 7.34. The number of sulfonamides is 1. The van der Waals surface area contributed by atoms with Crippen LogP contribution < -0.4 is 9.62 Å². The molecule has 1 aromatic heterocycles. The molecule has 28 heavy (non-hydrogen) atoms. The van der Waals surface area contributed by atoms with Crippen molar-refractivity contribution in [2.75, 3.05) is 18.1 Å². The summed E-state index contributed by atoms with van der Waals surface area (Å²) in [6.45, 7) is 12.5. The predicted molar refractivity (Wildman–Crippen MR) is 109 cm³/mol. The molecule has 0 radical (unpaired) electrons. The molecule has 11 heteroatoms. The number of nitrogens with one attached hydrogen (secondary N) is 1. The van der Waals surface area contributed by atoms with Gasteiger partial charge in [0, 0.05) is 18.2 Å². The molecule has 1 aromatic rings. The van der Waals surface area contributed by atoms with Crippen LogP contribution in [0.3, 0.4) is 0 Å². The summed E-state index contributed by atoms with van der Waals surface area (Å²) in [5, 5.41) is 8.03. The van der Waals surface area contributed by atoms with Crippen molar-refractivity contribution in [3.8, 4) is 0 Å². The molecular weight excluding hydrogens is 402 g/mol. The van der Waals surface area contributed by atoms with Crippen molar-refractivity contribution in [3.63, 3.8) is 0 Å². The van der Waals surface area contributed by atoms with Gasteiger partial charge in [-0.25, -0.2) is 22.8 Å². The number of carbonyl (C=O) groups is 1. The Bertz CT molecular complexity index is 778. The van der Waals surface area contributed by atoms with Gasteiger partial charge in [0.05, 0.1) is 6.54 Å². The molecule has 0 spiro atoms. The number of urea groups is 1. The second kappa shape index (κ2) is 9.02. The first-order valence-electron chi connectivity index (χ1n) is 9.61. The van der Waals surface area contributed by atoms with Gasteiger partial charge in [-0.2, -0.15) is 0 Å². The number of rotatable bonds is 10. The smallest absolute Gasteiger partial charge is 0.329 e. The first-order valence-corrected chi connectivity index (χ1v) is 11.9. The van der Waals surface area contributed by atoms with Gasteiger partial charge in [-0.1, -0.05) is 31.6 Å². The molecule has 1 N–H and O–H groups in total. The molecule has 2 rings (SSSR count). The lowest BCUT2D eigenvalue weighted by molar-refractivity contribution is 0.0478. The van der Waals surface area contributed by atoms with Crippen LogP contribution >= 0.6 is 11.3 Å². The summed E-state index contributed by atoms with van der Waals surface area (Å²) in [4.78, 5) is 16.4. The van der Waals surface area contributed by atoms with E-state index in [4.69, 9.17) is 4.74 Å². The normalized spacial score (nSPS) is 18.5. The molecule has 160 valence electrons. The third kappa shape index (κ3) is 5.00. The highest BCUT2D eigenvalue weighted by Crippen LogP contribution is 2.34. The lowest BCUT2D eigenvalue weighted by atomic mass is 9.97. The number of ether oxygens (including phenoxy) is 1. The predicted octanol–water partition coefficient (Wildman–Crippen LogP) is 2.80. The summed E-state index contributed by atoms with van der Waals surface area (Å²) in [5.74, 6) is 0. The Hall–Kier alpha value is -1.30. The van der Waals surface area contributed by atoms with E-state index >= 15 is 0 Å². The minimum Gasteiger partial charge on any atom is -0.356 e. The van der Waals surface area contributed by atoms with Crippen molar-refractivity contribution >= 4 is 32.5 Å². The zero-order valence-corrected chi connectivity index (χ0v) is 19.1. The number of aromatic nitrogens is 2. The minimum absolute atomic E-state index is 0.162. The van der Waals surface area contributed by atoms with Gasteiger partial charge >= 0.3 is 6.03 Å². The van der Waals surface area contributed by atoms with E-state index in [2.05, 4.69) is 21.8 Å². The van der Waals surface area contributed by atoms with Gasteiger partial charge in [-0.05, 0) is 40.5 Å². The Labute approximate surface area is 171 Å². The standard InChI is InChI=1S/C17H31N5O4S2/c1-7-9-17(5,6)21-11-13(26-10-8-2)22(16(21)23)14-18-19-15(27-14)28(24,25)20-12(3)4/h12-13,20H,7-11H2,1-6H3. The molecule has 0 aliphatic carbocycles. The summed E-state index contributed by atoms with van der Waals surface area (Å²) < 4.78 is 32.9. The van der Waals surface area contributed by atoms with E-state index in [-0.39, 0.29) is 27.1 Å². The van der Waals surface area contributed by atoms with E-state index in [1.807, 2.05) is 20.8 Å². The average molecular weight is 434 g/mol. The highest BCUT2D eigenvalue weighted by atomic mass is 32.2. The second-order valence-corrected chi connectivity index (χ2v) is 10.6. The van der Waals surface area contributed by atoms with Crippen molar-refractivity contribution in [1.29, 1.82) is 0 Å². The highest BCUT2D eigenvalue weighted by Gasteiger charge is 2.46. The Morgan fingerprint density at radius 2 is 1.96 bits per heavy atom. The summed E-state index contributed by atoms with van der Waals surface area (Å²) in [6.07, 6.45) is 2.08. The zero-order chi connectivity index (χ0) is 21.1. The van der Waals surface area contributed by atoms with Crippen LogP contribution in [0.15, 0.2) is 4.34 Å². The van der Waals surface area contributed by atoms with Crippen LogP contribution in [0.2, 0.25) is 0 Å². The van der Waals surface area contributed by atoms with E-state index < -0.39 is 16.3 Å². The molecule has 1 aliphatic heterocycles. The Kier molecular flexibility index (Phi) is 7.40. The molecular formula is C17H31N5O4S2. The molecule has 0 saturated carbocycles. The lowest BCUT2D eigenvalue weighted by Gasteiger charge is -2.34. The molecule has 9 nitrogen and oxygen atoms in total. The molecule has 1 fully saturated rings. The van der Waals surface area contributed by atoms with Crippen LogP contribution in [0.4, 0.5) is 9.93 Å². The first-order chi connectivity index (χ1) is 13.0. The SMILES string of the molecule is CCCOC1CN(C(C)(C)CCC)C(=O)N1c1nnc(S(=O)(=O)NC(C)C)s1. The number of anilines is 1. The van der Waals surface area contributed by atoms with Crippen molar-refractivity contribution in [3.05, 3.63) is 0 Å². The van der Waals surface area contributed by atoms with Crippen LogP contribution in [0.1, 0.15) is 60.8 Å². The van der Waals surface area contributed by atoms with Crippen molar-refractivity contribution in [1.82, 2.24) is 19.8 Å². The van der Waals surface area contributed by atoms with Gasteiger partial charge in [-0.3, -0.25) is 0 Å². The molecule has 2 amide bonds. The van der Waals surface area contributed by atoms with E-state index in [0.29, 0.717) is 13.2 Å². The van der Waals surface area contributed by atoms with Crippen LogP contribution in [-0.2, 0) is 14.8 Å². The zero-order valence-electron chi connectivity index (χ0n) is 17.4. The fraction of sp³-hybridized carbons (Fsp3) is 0.824. The number of hydrogen-bond acceptors (Lipinski definition) is 7. The summed E-state index contributed by atoms with van der Waals surface area (Å²) in [7, 11) is -3.77. The Morgan fingerprint density at radius 3 is 2.54 bits per heavy atom. The van der Waals surface area contributed by atoms with Crippen LogP contribution in [0, 0.1) is 0 Å². The van der Waals surface area contributed by atoms with Crippen molar-refractivity contribution in [2.24, 2.45) is 0 Å². The monoisotopic (exact) mass is 433 g/mol. The maximum absolute atomic E-state index is 13.2. The fourth-order valence-corrected chi connectivity index (χ4v) is 5.47. The van der Waals surface area contributed by atoms with Crippen molar-refractivity contribution < 1.29 is 17.9 Å². The van der Waals surface area contributed by atoms with Gasteiger partial charge in [0.1, 0.15) is 0 Å². The van der Waals surface area contributed by atoms with Crippen molar-refractivity contribution in [2.45, 2.75) is 83.0 Å². The van der Waals surface area contributed by atoms with E-state index in [1.165, 1.54) is 4.90 Å². The van der Waals surface area contributed by atoms with Gasteiger partial charge in [0.25, 0.3) is 10.0 Å². The van der Waals surface area contributed by atoms with Crippen LogP contribution in [0.5, 0.6) is 0 Å². The Morgan fingerprint density at radius 1 is 1.29 bits per heavy atom. The maximum atomic E-state index is 13.2. The quantitative estimate of drug-likeness (QED) is 0.569. The summed E-state index contributed by atoms with van der Waals surface area (Å²) in [6, 6.07) is -0.506. The highest BCUT2D eigenvalue weighted by molar-refractivity contribution is 7.91.